The highest BCUT2D eigenvalue weighted by atomic mass is 32.1. The molecule has 3 nitrogen and oxygen atoms in total. The number of hydrogen-bond donors (Lipinski definition) is 0. The van der Waals surface area contributed by atoms with Crippen molar-refractivity contribution in [3.05, 3.63) is 52.9 Å². The number of benzene rings is 2. The normalized spacial score (nSPS) is 11.4. The molecule has 0 saturated heterocycles. The third kappa shape index (κ3) is 1.42. The monoisotopic (exact) mass is 282 g/mol. The van der Waals surface area contributed by atoms with Crippen LogP contribution in [0.3, 0.4) is 0 Å². The summed E-state index contributed by atoms with van der Waals surface area (Å²) in [4.78, 5) is 12.3. The summed E-state index contributed by atoms with van der Waals surface area (Å²) in [6, 6.07) is 13.5. The van der Waals surface area contributed by atoms with Gasteiger partial charge < -0.3 is 9.15 Å². The van der Waals surface area contributed by atoms with E-state index in [0.29, 0.717) is 16.7 Å². The molecule has 98 valence electrons. The minimum Gasteiger partial charge on any atom is -0.493 e. The first-order chi connectivity index (χ1) is 9.79. The fourth-order valence-electron chi connectivity index (χ4n) is 2.54. The number of methoxy groups -OCH3 is 1. The van der Waals surface area contributed by atoms with E-state index in [9.17, 15) is 4.79 Å². The Labute approximate surface area is 118 Å². The summed E-state index contributed by atoms with van der Waals surface area (Å²) in [6.07, 6.45) is 0. The molecule has 0 N–H and O–H groups in total. The molecule has 0 aliphatic heterocycles. The van der Waals surface area contributed by atoms with E-state index in [2.05, 4.69) is 0 Å². The van der Waals surface area contributed by atoms with Crippen molar-refractivity contribution < 1.29 is 9.15 Å². The van der Waals surface area contributed by atoms with Gasteiger partial charge in [-0.2, -0.15) is 0 Å². The molecule has 2 aromatic carbocycles. The number of ether oxygens (including phenoxy) is 1. The third-order valence-corrected chi connectivity index (χ3v) is 4.64. The van der Waals surface area contributed by atoms with Crippen LogP contribution in [0.5, 0.6) is 5.75 Å². The van der Waals surface area contributed by atoms with E-state index < -0.39 is 0 Å². The lowest BCUT2D eigenvalue weighted by Gasteiger charge is -2.03. The lowest BCUT2D eigenvalue weighted by atomic mass is 10.1. The maximum Gasteiger partial charge on any atom is 0.345 e. The minimum atomic E-state index is -0.311. The van der Waals surface area contributed by atoms with Crippen molar-refractivity contribution >= 4 is 42.5 Å². The van der Waals surface area contributed by atoms with Gasteiger partial charge in [-0.25, -0.2) is 4.79 Å². The second kappa shape index (κ2) is 4.08. The van der Waals surface area contributed by atoms with Gasteiger partial charge >= 0.3 is 5.63 Å². The van der Waals surface area contributed by atoms with Crippen molar-refractivity contribution in [2.24, 2.45) is 0 Å². The smallest absolute Gasteiger partial charge is 0.345 e. The molecular weight excluding hydrogens is 272 g/mol. The molecule has 0 radical (unpaired) electrons. The molecule has 0 aliphatic carbocycles. The first-order valence-electron chi connectivity index (χ1n) is 6.20. The van der Waals surface area contributed by atoms with Crippen LogP contribution in [0.15, 0.2) is 51.7 Å². The molecule has 0 bridgehead atoms. The quantitative estimate of drug-likeness (QED) is 0.492. The van der Waals surface area contributed by atoms with Gasteiger partial charge in [-0.1, -0.05) is 24.3 Å². The summed E-state index contributed by atoms with van der Waals surface area (Å²) in [5.41, 5.74) is 0.202. The van der Waals surface area contributed by atoms with Crippen LogP contribution in [0.2, 0.25) is 0 Å². The lowest BCUT2D eigenvalue weighted by molar-refractivity contribution is 0.407. The molecule has 0 aliphatic rings. The van der Waals surface area contributed by atoms with E-state index in [1.54, 1.807) is 24.5 Å². The van der Waals surface area contributed by atoms with Gasteiger partial charge in [0, 0.05) is 15.5 Å². The van der Waals surface area contributed by atoms with Crippen LogP contribution in [0.1, 0.15) is 0 Å². The third-order valence-electron chi connectivity index (χ3n) is 3.44. The zero-order valence-electron chi connectivity index (χ0n) is 10.7. The molecule has 0 amide bonds. The molecule has 4 aromatic rings. The first kappa shape index (κ1) is 11.5. The Kier molecular flexibility index (Phi) is 2.35. The average molecular weight is 282 g/mol. The Balaban J connectivity index is 2.34. The molecule has 0 fully saturated rings. The number of rotatable bonds is 1. The van der Waals surface area contributed by atoms with E-state index in [0.717, 1.165) is 20.2 Å². The van der Waals surface area contributed by atoms with Gasteiger partial charge in [0.15, 0.2) is 11.3 Å². The van der Waals surface area contributed by atoms with E-state index in [-0.39, 0.29) is 5.63 Å². The molecule has 0 atom stereocenters. The largest absolute Gasteiger partial charge is 0.493 e. The molecule has 0 spiro atoms. The summed E-state index contributed by atoms with van der Waals surface area (Å²) in [5, 5.41) is 2.53. The van der Waals surface area contributed by atoms with Crippen LogP contribution in [0.4, 0.5) is 0 Å². The van der Waals surface area contributed by atoms with Gasteiger partial charge in [0.25, 0.3) is 0 Å². The fourth-order valence-corrected chi connectivity index (χ4v) is 3.75. The number of para-hydroxylation sites is 1. The summed E-state index contributed by atoms with van der Waals surface area (Å²) in [5.74, 6) is 0.582. The highest BCUT2D eigenvalue weighted by Crippen LogP contribution is 2.38. The zero-order chi connectivity index (χ0) is 13.7. The van der Waals surface area contributed by atoms with Gasteiger partial charge in [0.1, 0.15) is 0 Å². The second-order valence-corrected chi connectivity index (χ2v) is 5.58. The number of hydrogen-bond acceptors (Lipinski definition) is 4. The maximum atomic E-state index is 12.3. The van der Waals surface area contributed by atoms with Crippen molar-refractivity contribution in [3.63, 3.8) is 0 Å². The van der Waals surface area contributed by atoms with Gasteiger partial charge in [0.2, 0.25) is 0 Å². The SMILES string of the molecule is COc1cccc2c1oc(=O)c1c3ccccc3sc21. The summed E-state index contributed by atoms with van der Waals surface area (Å²) in [7, 11) is 1.57. The molecule has 2 heterocycles. The Bertz CT molecular complexity index is 1010. The van der Waals surface area contributed by atoms with Crippen LogP contribution >= 0.6 is 11.3 Å². The van der Waals surface area contributed by atoms with E-state index in [1.807, 2.05) is 36.4 Å². The highest BCUT2D eigenvalue weighted by molar-refractivity contribution is 7.26. The van der Waals surface area contributed by atoms with Crippen molar-refractivity contribution in [2.75, 3.05) is 7.11 Å². The Morgan fingerprint density at radius 1 is 1.05 bits per heavy atom. The number of fused-ring (bicyclic) bond motifs is 5. The van der Waals surface area contributed by atoms with Crippen molar-refractivity contribution in [1.82, 2.24) is 0 Å². The number of thiophene rings is 1. The highest BCUT2D eigenvalue weighted by Gasteiger charge is 2.15. The van der Waals surface area contributed by atoms with E-state index >= 15 is 0 Å². The van der Waals surface area contributed by atoms with E-state index in [4.69, 9.17) is 9.15 Å². The zero-order valence-corrected chi connectivity index (χ0v) is 11.5. The predicted octanol–water partition coefficient (Wildman–Crippen LogP) is 4.17. The standard InChI is InChI=1S/C16H10O3S/c1-18-11-7-4-6-10-14(11)19-16(17)13-9-5-2-3-8-12(9)20-15(10)13/h2-8H,1H3. The Morgan fingerprint density at radius 3 is 2.70 bits per heavy atom. The van der Waals surface area contributed by atoms with Crippen LogP contribution in [-0.4, -0.2) is 7.11 Å². The molecule has 0 unspecified atom stereocenters. The van der Waals surface area contributed by atoms with Crippen molar-refractivity contribution in [3.8, 4) is 5.75 Å². The first-order valence-corrected chi connectivity index (χ1v) is 7.02. The molecule has 2 aromatic heterocycles. The van der Waals surface area contributed by atoms with Gasteiger partial charge in [-0.15, -0.1) is 11.3 Å². The van der Waals surface area contributed by atoms with Gasteiger partial charge in [-0.3, -0.25) is 0 Å². The van der Waals surface area contributed by atoms with Gasteiger partial charge in [-0.05, 0) is 18.2 Å². The average Bonchev–Trinajstić information content (AvgIpc) is 2.87. The van der Waals surface area contributed by atoms with Crippen LogP contribution in [0.25, 0.3) is 31.1 Å². The molecule has 4 rings (SSSR count). The van der Waals surface area contributed by atoms with Crippen LogP contribution in [0, 0.1) is 0 Å². The van der Waals surface area contributed by atoms with Gasteiger partial charge in [0.05, 0.1) is 17.2 Å². The van der Waals surface area contributed by atoms with E-state index in [1.165, 1.54) is 0 Å². The summed E-state index contributed by atoms with van der Waals surface area (Å²) >= 11 is 1.61. The lowest BCUT2D eigenvalue weighted by Crippen LogP contribution is -1.99. The Morgan fingerprint density at radius 2 is 1.85 bits per heavy atom. The molecule has 20 heavy (non-hydrogen) atoms. The second-order valence-electron chi connectivity index (χ2n) is 4.53. The molecule has 4 heteroatoms. The summed E-state index contributed by atoms with van der Waals surface area (Å²) in [6.45, 7) is 0. The molecule has 0 saturated carbocycles. The summed E-state index contributed by atoms with van der Waals surface area (Å²) < 4.78 is 12.8. The van der Waals surface area contributed by atoms with Crippen LogP contribution < -0.4 is 10.4 Å². The minimum absolute atomic E-state index is 0.311. The Hall–Kier alpha value is -2.33. The topological polar surface area (TPSA) is 39.4 Å². The van der Waals surface area contributed by atoms with Crippen molar-refractivity contribution in [2.45, 2.75) is 0 Å². The predicted molar refractivity (Wildman–Crippen MR) is 81.9 cm³/mol. The van der Waals surface area contributed by atoms with Crippen LogP contribution in [-0.2, 0) is 0 Å². The van der Waals surface area contributed by atoms with Crippen molar-refractivity contribution in [1.29, 1.82) is 0 Å². The molecular formula is C16H10O3S. The fraction of sp³-hybridized carbons (Fsp3) is 0.0625. The maximum absolute atomic E-state index is 12.3.